The molecule has 0 aliphatic heterocycles. The SMILES string of the molecule is Cc1ccc(S(N)(=O)=O)cc1C(=O)Nc1nnc(CC(C)C)s1. The van der Waals surface area contributed by atoms with Gasteiger partial charge in [-0.3, -0.25) is 10.1 Å². The number of primary sulfonamides is 1. The second-order valence-electron chi connectivity index (χ2n) is 5.57. The van der Waals surface area contributed by atoms with Crippen LogP contribution in [0.5, 0.6) is 0 Å². The van der Waals surface area contributed by atoms with Crippen LogP contribution in [0.4, 0.5) is 5.13 Å². The summed E-state index contributed by atoms with van der Waals surface area (Å²) in [5.74, 6) is 0.000403. The molecule has 23 heavy (non-hydrogen) atoms. The molecule has 3 N–H and O–H groups in total. The molecule has 0 aliphatic rings. The fourth-order valence-corrected chi connectivity index (χ4v) is 3.41. The average Bonchev–Trinajstić information content (AvgIpc) is 2.84. The average molecular weight is 354 g/mol. The van der Waals surface area contributed by atoms with Gasteiger partial charge in [-0.1, -0.05) is 31.3 Å². The number of anilines is 1. The predicted molar refractivity (Wildman–Crippen MR) is 89.0 cm³/mol. The maximum absolute atomic E-state index is 12.3. The van der Waals surface area contributed by atoms with Gasteiger partial charge in [0.2, 0.25) is 15.2 Å². The van der Waals surface area contributed by atoms with Crippen LogP contribution >= 0.6 is 11.3 Å². The van der Waals surface area contributed by atoms with Crippen LogP contribution in [-0.2, 0) is 16.4 Å². The van der Waals surface area contributed by atoms with E-state index in [0.29, 0.717) is 16.6 Å². The first kappa shape index (κ1) is 17.5. The van der Waals surface area contributed by atoms with Gasteiger partial charge < -0.3 is 0 Å². The minimum absolute atomic E-state index is 0.106. The number of hydrogen-bond acceptors (Lipinski definition) is 6. The highest BCUT2D eigenvalue weighted by Gasteiger charge is 2.16. The summed E-state index contributed by atoms with van der Waals surface area (Å²) in [6.07, 6.45) is 0.785. The molecule has 0 fully saturated rings. The number of nitrogens with one attached hydrogen (secondary N) is 1. The lowest BCUT2D eigenvalue weighted by Gasteiger charge is -2.07. The Hall–Kier alpha value is -1.84. The molecule has 0 unspecified atom stereocenters. The van der Waals surface area contributed by atoms with E-state index in [0.717, 1.165) is 11.4 Å². The van der Waals surface area contributed by atoms with Gasteiger partial charge in [-0.25, -0.2) is 13.6 Å². The Labute approximate surface area is 139 Å². The highest BCUT2D eigenvalue weighted by molar-refractivity contribution is 7.89. The van der Waals surface area contributed by atoms with Crippen LogP contribution in [-0.4, -0.2) is 24.5 Å². The van der Waals surface area contributed by atoms with Crippen molar-refractivity contribution in [2.24, 2.45) is 11.1 Å². The fourth-order valence-electron chi connectivity index (χ4n) is 1.92. The molecule has 0 radical (unpaired) electrons. The Morgan fingerprint density at radius 2 is 2.04 bits per heavy atom. The lowest BCUT2D eigenvalue weighted by molar-refractivity contribution is 0.102. The second-order valence-corrected chi connectivity index (χ2v) is 8.20. The van der Waals surface area contributed by atoms with E-state index in [1.807, 2.05) is 0 Å². The van der Waals surface area contributed by atoms with E-state index in [4.69, 9.17) is 5.14 Å². The zero-order valence-corrected chi connectivity index (χ0v) is 14.7. The van der Waals surface area contributed by atoms with Gasteiger partial charge in [0.15, 0.2) is 0 Å². The van der Waals surface area contributed by atoms with Crippen molar-refractivity contribution in [1.82, 2.24) is 10.2 Å². The first-order valence-electron chi connectivity index (χ1n) is 6.94. The molecule has 0 aliphatic carbocycles. The van der Waals surface area contributed by atoms with Crippen LogP contribution in [0.3, 0.4) is 0 Å². The number of rotatable bonds is 5. The van der Waals surface area contributed by atoms with Crippen LogP contribution in [0.25, 0.3) is 0 Å². The van der Waals surface area contributed by atoms with Crippen molar-refractivity contribution in [2.75, 3.05) is 5.32 Å². The van der Waals surface area contributed by atoms with E-state index in [2.05, 4.69) is 29.4 Å². The molecule has 0 saturated carbocycles. The number of aromatic nitrogens is 2. The number of aryl methyl sites for hydroxylation is 1. The molecule has 0 spiro atoms. The molecule has 1 aromatic heterocycles. The molecule has 1 aromatic carbocycles. The third-order valence-electron chi connectivity index (χ3n) is 3.05. The quantitative estimate of drug-likeness (QED) is 0.851. The van der Waals surface area contributed by atoms with Gasteiger partial charge in [-0.15, -0.1) is 10.2 Å². The van der Waals surface area contributed by atoms with Gasteiger partial charge in [-0.2, -0.15) is 0 Å². The Bertz CT molecular complexity index is 828. The number of benzene rings is 1. The number of amides is 1. The van der Waals surface area contributed by atoms with Crippen molar-refractivity contribution in [3.63, 3.8) is 0 Å². The molecule has 7 nitrogen and oxygen atoms in total. The van der Waals surface area contributed by atoms with Gasteiger partial charge in [0.25, 0.3) is 5.91 Å². The van der Waals surface area contributed by atoms with Crippen molar-refractivity contribution in [1.29, 1.82) is 0 Å². The summed E-state index contributed by atoms with van der Waals surface area (Å²) >= 11 is 1.30. The summed E-state index contributed by atoms with van der Waals surface area (Å²) < 4.78 is 22.8. The van der Waals surface area contributed by atoms with Crippen molar-refractivity contribution in [3.8, 4) is 0 Å². The molecule has 2 aromatic rings. The number of carbonyl (C=O) groups excluding carboxylic acids is 1. The topological polar surface area (TPSA) is 115 Å². The minimum Gasteiger partial charge on any atom is -0.296 e. The van der Waals surface area contributed by atoms with E-state index < -0.39 is 15.9 Å². The number of nitrogens with zero attached hydrogens (tertiary/aromatic N) is 2. The van der Waals surface area contributed by atoms with Crippen LogP contribution in [0, 0.1) is 12.8 Å². The molecular weight excluding hydrogens is 336 g/mol. The zero-order valence-electron chi connectivity index (χ0n) is 13.0. The second kappa shape index (κ2) is 6.73. The Morgan fingerprint density at radius 1 is 1.35 bits per heavy atom. The van der Waals surface area contributed by atoms with Gasteiger partial charge >= 0.3 is 0 Å². The summed E-state index contributed by atoms with van der Waals surface area (Å²) in [6, 6.07) is 4.17. The van der Waals surface area contributed by atoms with Gasteiger partial charge in [-0.05, 0) is 30.5 Å². The molecule has 1 amide bonds. The Morgan fingerprint density at radius 3 is 2.65 bits per heavy atom. The smallest absolute Gasteiger partial charge is 0.257 e. The molecular formula is C14H18N4O3S2. The third-order valence-corrected chi connectivity index (χ3v) is 4.82. The Balaban J connectivity index is 2.22. The summed E-state index contributed by atoms with van der Waals surface area (Å²) in [7, 11) is -3.86. The predicted octanol–water partition coefficient (Wildman–Crippen LogP) is 1.94. The fraction of sp³-hybridized carbons (Fsp3) is 0.357. The van der Waals surface area contributed by atoms with E-state index in [1.54, 1.807) is 13.0 Å². The maximum Gasteiger partial charge on any atom is 0.257 e. The van der Waals surface area contributed by atoms with Crippen LogP contribution in [0.2, 0.25) is 0 Å². The largest absolute Gasteiger partial charge is 0.296 e. The maximum atomic E-state index is 12.3. The number of hydrogen-bond donors (Lipinski definition) is 2. The summed E-state index contributed by atoms with van der Waals surface area (Å²) in [5.41, 5.74) is 0.874. The lowest BCUT2D eigenvalue weighted by Crippen LogP contribution is -2.17. The number of carbonyl (C=O) groups is 1. The summed E-state index contributed by atoms with van der Waals surface area (Å²) in [6.45, 7) is 5.86. The first-order chi connectivity index (χ1) is 10.7. The third kappa shape index (κ3) is 4.57. The van der Waals surface area contributed by atoms with Crippen molar-refractivity contribution >= 4 is 32.4 Å². The molecule has 0 bridgehead atoms. The zero-order chi connectivity index (χ0) is 17.2. The van der Waals surface area contributed by atoms with Crippen LogP contribution in [0.15, 0.2) is 23.1 Å². The molecule has 9 heteroatoms. The van der Waals surface area contributed by atoms with Crippen molar-refractivity contribution in [3.05, 3.63) is 34.3 Å². The number of nitrogens with two attached hydrogens (primary N) is 1. The van der Waals surface area contributed by atoms with Gasteiger partial charge in [0.05, 0.1) is 4.90 Å². The molecule has 2 rings (SSSR count). The molecule has 0 atom stereocenters. The monoisotopic (exact) mass is 354 g/mol. The molecule has 0 saturated heterocycles. The number of sulfonamides is 1. The molecule has 1 heterocycles. The van der Waals surface area contributed by atoms with E-state index in [1.165, 1.54) is 23.5 Å². The van der Waals surface area contributed by atoms with Gasteiger partial charge in [0.1, 0.15) is 5.01 Å². The van der Waals surface area contributed by atoms with Crippen LogP contribution < -0.4 is 10.5 Å². The van der Waals surface area contributed by atoms with E-state index in [9.17, 15) is 13.2 Å². The summed E-state index contributed by atoms with van der Waals surface area (Å²) in [4.78, 5) is 12.2. The van der Waals surface area contributed by atoms with Gasteiger partial charge in [0, 0.05) is 12.0 Å². The van der Waals surface area contributed by atoms with Crippen molar-refractivity contribution < 1.29 is 13.2 Å². The van der Waals surface area contributed by atoms with Crippen LogP contribution in [0.1, 0.15) is 34.8 Å². The summed E-state index contributed by atoms with van der Waals surface area (Å²) in [5, 5.41) is 16.9. The minimum atomic E-state index is -3.86. The van der Waals surface area contributed by atoms with E-state index >= 15 is 0 Å². The normalized spacial score (nSPS) is 11.7. The highest BCUT2D eigenvalue weighted by atomic mass is 32.2. The lowest BCUT2D eigenvalue weighted by atomic mass is 10.1. The van der Waals surface area contributed by atoms with E-state index in [-0.39, 0.29) is 10.5 Å². The highest BCUT2D eigenvalue weighted by Crippen LogP contribution is 2.20. The first-order valence-corrected chi connectivity index (χ1v) is 9.30. The molecule has 124 valence electrons. The van der Waals surface area contributed by atoms with Crippen molar-refractivity contribution in [2.45, 2.75) is 32.1 Å². The standard InChI is InChI=1S/C14H18N4O3S2/c1-8(2)6-12-17-18-14(22-12)16-13(19)11-7-10(23(15,20)21)5-4-9(11)3/h4-5,7-8H,6H2,1-3H3,(H2,15,20,21)(H,16,18,19). The Kier molecular flexibility index (Phi) is 5.12.